The Labute approximate surface area is 119 Å². The third kappa shape index (κ3) is 2.34. The van der Waals surface area contributed by atoms with Crippen molar-refractivity contribution in [1.29, 1.82) is 0 Å². The molecule has 1 aromatic carbocycles. The predicted molar refractivity (Wildman–Crippen MR) is 75.2 cm³/mol. The van der Waals surface area contributed by atoms with Crippen LogP contribution in [0.4, 0.5) is 0 Å². The van der Waals surface area contributed by atoms with Crippen molar-refractivity contribution in [2.24, 2.45) is 5.92 Å². The summed E-state index contributed by atoms with van der Waals surface area (Å²) in [5.74, 6) is -0.0944. The van der Waals surface area contributed by atoms with Gasteiger partial charge in [-0.05, 0) is 37.3 Å². The molecule has 1 saturated heterocycles. The lowest BCUT2D eigenvalue weighted by molar-refractivity contribution is -0.127. The number of hydrogen-bond acceptors (Lipinski definition) is 3. The zero-order valence-corrected chi connectivity index (χ0v) is 11.8. The molecule has 3 unspecified atom stereocenters. The normalized spacial score (nSPS) is 32.1. The van der Waals surface area contributed by atoms with E-state index in [0.29, 0.717) is 13.0 Å². The molecule has 3 rings (SSSR count). The average Bonchev–Trinajstić information content (AvgIpc) is 3.02. The summed E-state index contributed by atoms with van der Waals surface area (Å²) in [6.07, 6.45) is 2.28. The molecule has 0 spiro atoms. The van der Waals surface area contributed by atoms with Gasteiger partial charge in [-0.1, -0.05) is 24.3 Å². The second kappa shape index (κ2) is 5.19. The molecule has 1 heterocycles. The number of nitrogens with one attached hydrogen (secondary N) is 1. The average molecular weight is 275 g/mol. The molecule has 108 valence electrons. The largest absolute Gasteiger partial charge is 0.383 e. The first kappa shape index (κ1) is 13.6. The van der Waals surface area contributed by atoms with E-state index in [1.807, 2.05) is 31.2 Å². The maximum atomic E-state index is 12.2. The quantitative estimate of drug-likeness (QED) is 0.875. The smallest absolute Gasteiger partial charge is 0.225 e. The molecule has 0 aromatic heterocycles. The van der Waals surface area contributed by atoms with Gasteiger partial charge in [0, 0.05) is 6.61 Å². The van der Waals surface area contributed by atoms with Gasteiger partial charge >= 0.3 is 0 Å². The molecule has 1 fully saturated rings. The minimum atomic E-state index is -0.922. The third-order valence-corrected chi connectivity index (χ3v) is 4.59. The van der Waals surface area contributed by atoms with E-state index in [-0.39, 0.29) is 24.5 Å². The van der Waals surface area contributed by atoms with Crippen LogP contribution >= 0.6 is 0 Å². The highest BCUT2D eigenvalue weighted by Gasteiger charge is 2.38. The minimum absolute atomic E-state index is 0.00666. The van der Waals surface area contributed by atoms with Gasteiger partial charge in [0.05, 0.1) is 18.6 Å². The summed E-state index contributed by atoms with van der Waals surface area (Å²) in [5.41, 5.74) is 1.22. The molecule has 0 radical (unpaired) electrons. The highest BCUT2D eigenvalue weighted by atomic mass is 16.5. The van der Waals surface area contributed by atoms with Gasteiger partial charge in [-0.15, -0.1) is 0 Å². The third-order valence-electron chi connectivity index (χ3n) is 4.59. The first-order valence-electron chi connectivity index (χ1n) is 7.30. The van der Waals surface area contributed by atoms with Gasteiger partial charge in [-0.3, -0.25) is 4.79 Å². The Morgan fingerprint density at radius 3 is 3.05 bits per heavy atom. The molecule has 1 amide bonds. The fourth-order valence-corrected chi connectivity index (χ4v) is 3.29. The van der Waals surface area contributed by atoms with Crippen LogP contribution < -0.4 is 5.32 Å². The number of benzene rings is 1. The number of amides is 1. The zero-order valence-electron chi connectivity index (χ0n) is 11.8. The van der Waals surface area contributed by atoms with Crippen molar-refractivity contribution >= 4 is 5.91 Å². The number of aliphatic hydroxyl groups is 1. The summed E-state index contributed by atoms with van der Waals surface area (Å²) < 4.78 is 5.42. The molecule has 2 aliphatic rings. The fourth-order valence-electron chi connectivity index (χ4n) is 3.29. The van der Waals surface area contributed by atoms with Crippen LogP contribution in [0.3, 0.4) is 0 Å². The van der Waals surface area contributed by atoms with Crippen LogP contribution in [0.5, 0.6) is 0 Å². The van der Waals surface area contributed by atoms with Crippen LogP contribution in [0.25, 0.3) is 0 Å². The molecule has 20 heavy (non-hydrogen) atoms. The molecule has 4 heteroatoms. The molecule has 1 aromatic rings. The van der Waals surface area contributed by atoms with Crippen molar-refractivity contribution in [1.82, 2.24) is 5.32 Å². The van der Waals surface area contributed by atoms with E-state index < -0.39 is 5.60 Å². The van der Waals surface area contributed by atoms with Crippen molar-refractivity contribution in [2.75, 3.05) is 13.2 Å². The molecule has 0 saturated carbocycles. The van der Waals surface area contributed by atoms with E-state index in [9.17, 15) is 9.90 Å². The summed E-state index contributed by atoms with van der Waals surface area (Å²) in [6, 6.07) is 7.92. The fraction of sp³-hybridized carbons (Fsp3) is 0.562. The van der Waals surface area contributed by atoms with Crippen LogP contribution in [0.1, 0.15) is 30.9 Å². The van der Waals surface area contributed by atoms with Crippen molar-refractivity contribution in [2.45, 2.75) is 37.9 Å². The first-order chi connectivity index (χ1) is 9.60. The van der Waals surface area contributed by atoms with Gasteiger partial charge in [0.25, 0.3) is 0 Å². The van der Waals surface area contributed by atoms with E-state index in [1.165, 1.54) is 5.56 Å². The van der Waals surface area contributed by atoms with E-state index in [1.54, 1.807) is 0 Å². The molecular formula is C16H21NO3. The summed E-state index contributed by atoms with van der Waals surface area (Å²) >= 11 is 0. The van der Waals surface area contributed by atoms with Crippen LogP contribution in [-0.2, 0) is 21.6 Å². The maximum Gasteiger partial charge on any atom is 0.225 e. The summed E-state index contributed by atoms with van der Waals surface area (Å²) in [7, 11) is 0. The Morgan fingerprint density at radius 2 is 2.30 bits per heavy atom. The van der Waals surface area contributed by atoms with Crippen LogP contribution in [-0.4, -0.2) is 30.3 Å². The van der Waals surface area contributed by atoms with Crippen LogP contribution in [0, 0.1) is 5.92 Å². The minimum Gasteiger partial charge on any atom is -0.383 e. The number of carbonyl (C=O) groups is 1. The van der Waals surface area contributed by atoms with Crippen molar-refractivity contribution in [3.8, 4) is 0 Å². The van der Waals surface area contributed by atoms with E-state index in [4.69, 9.17) is 4.74 Å². The second-order valence-corrected chi connectivity index (χ2v) is 5.88. The lowest BCUT2D eigenvalue weighted by atomic mass is 9.95. The van der Waals surface area contributed by atoms with E-state index >= 15 is 0 Å². The SMILES string of the molecule is CC1OCCC1C(=O)NCC1(O)CCc2ccccc21. The van der Waals surface area contributed by atoms with E-state index in [2.05, 4.69) is 5.32 Å². The highest BCUT2D eigenvalue weighted by Crippen LogP contribution is 2.36. The van der Waals surface area contributed by atoms with Gasteiger partial charge in [0.2, 0.25) is 5.91 Å². The number of carbonyl (C=O) groups excluding carboxylic acids is 1. The standard InChI is InChI=1S/C16H21NO3/c1-11-13(7-9-20-11)15(18)17-10-16(19)8-6-12-4-2-3-5-14(12)16/h2-5,11,13,19H,6-10H2,1H3,(H,17,18). The highest BCUT2D eigenvalue weighted by molar-refractivity contribution is 5.79. The van der Waals surface area contributed by atoms with E-state index in [0.717, 1.165) is 18.4 Å². The van der Waals surface area contributed by atoms with Crippen LogP contribution in [0.2, 0.25) is 0 Å². The lowest BCUT2D eigenvalue weighted by Gasteiger charge is -2.25. The lowest BCUT2D eigenvalue weighted by Crippen LogP contribution is -2.43. The van der Waals surface area contributed by atoms with Gasteiger partial charge < -0.3 is 15.2 Å². The Balaban J connectivity index is 1.65. The number of ether oxygens (including phenoxy) is 1. The molecule has 1 aliphatic carbocycles. The molecule has 0 bridgehead atoms. The Morgan fingerprint density at radius 1 is 1.50 bits per heavy atom. The van der Waals surface area contributed by atoms with Crippen molar-refractivity contribution in [3.05, 3.63) is 35.4 Å². The number of fused-ring (bicyclic) bond motifs is 1. The van der Waals surface area contributed by atoms with Gasteiger partial charge in [0.15, 0.2) is 0 Å². The summed E-state index contributed by atoms with van der Waals surface area (Å²) in [6.45, 7) is 2.86. The number of hydrogen-bond donors (Lipinski definition) is 2. The van der Waals surface area contributed by atoms with Crippen molar-refractivity contribution < 1.29 is 14.6 Å². The predicted octanol–water partition coefficient (Wildman–Crippen LogP) is 1.36. The molecular weight excluding hydrogens is 254 g/mol. The first-order valence-corrected chi connectivity index (χ1v) is 7.30. The molecule has 2 N–H and O–H groups in total. The molecule has 1 aliphatic heterocycles. The topological polar surface area (TPSA) is 58.6 Å². The molecule has 3 atom stereocenters. The van der Waals surface area contributed by atoms with Crippen LogP contribution in [0.15, 0.2) is 24.3 Å². The molecule has 4 nitrogen and oxygen atoms in total. The Hall–Kier alpha value is -1.39. The van der Waals surface area contributed by atoms with Crippen molar-refractivity contribution in [3.63, 3.8) is 0 Å². The second-order valence-electron chi connectivity index (χ2n) is 5.88. The summed E-state index contributed by atoms with van der Waals surface area (Å²) in [5, 5.41) is 13.7. The number of aryl methyl sites for hydroxylation is 1. The van der Waals surface area contributed by atoms with Gasteiger partial charge in [0.1, 0.15) is 5.60 Å². The van der Waals surface area contributed by atoms with Gasteiger partial charge in [-0.25, -0.2) is 0 Å². The number of rotatable bonds is 3. The maximum absolute atomic E-state index is 12.2. The van der Waals surface area contributed by atoms with Gasteiger partial charge in [-0.2, -0.15) is 0 Å². The monoisotopic (exact) mass is 275 g/mol. The summed E-state index contributed by atoms with van der Waals surface area (Å²) in [4.78, 5) is 12.2. The Bertz CT molecular complexity index is 516. The Kier molecular flexibility index (Phi) is 3.52. The zero-order chi connectivity index (χ0) is 14.2.